The van der Waals surface area contributed by atoms with Crippen molar-refractivity contribution in [2.24, 2.45) is 5.41 Å². The van der Waals surface area contributed by atoms with Crippen molar-refractivity contribution in [2.75, 3.05) is 33.4 Å². The fourth-order valence-electron chi connectivity index (χ4n) is 3.28. The molecule has 1 aliphatic rings. The molecule has 0 aliphatic carbocycles. The van der Waals surface area contributed by atoms with E-state index in [1.165, 1.54) is 12.1 Å². The van der Waals surface area contributed by atoms with Gasteiger partial charge in [0.15, 0.2) is 0 Å². The maximum Gasteiger partial charge on any atom is 0.241 e. The van der Waals surface area contributed by atoms with Crippen LogP contribution in [0.15, 0.2) is 17.0 Å². The van der Waals surface area contributed by atoms with Crippen molar-refractivity contribution in [3.63, 3.8) is 0 Å². The van der Waals surface area contributed by atoms with E-state index in [4.69, 9.17) is 4.74 Å². The zero-order valence-corrected chi connectivity index (χ0v) is 15.9. The molecule has 1 aromatic rings. The average molecular weight is 381 g/mol. The summed E-state index contributed by atoms with van der Waals surface area (Å²) in [6.07, 6.45) is 1.70. The summed E-state index contributed by atoms with van der Waals surface area (Å²) in [4.78, 5) is 0.167. The van der Waals surface area contributed by atoms with E-state index < -0.39 is 15.8 Å². The second-order valence-electron chi connectivity index (χ2n) is 6.38. The SMILES string of the molecule is COCC1(CNS(=O)(=O)c2c(C)cc(F)cc2C)CCNCC1.Cl. The first-order valence-electron chi connectivity index (χ1n) is 7.76. The summed E-state index contributed by atoms with van der Waals surface area (Å²) in [7, 11) is -2.06. The Morgan fingerprint density at radius 1 is 1.25 bits per heavy atom. The molecule has 0 bridgehead atoms. The first-order valence-corrected chi connectivity index (χ1v) is 9.24. The molecule has 0 radical (unpaired) electrons. The zero-order valence-electron chi connectivity index (χ0n) is 14.3. The van der Waals surface area contributed by atoms with Gasteiger partial charge in [-0.2, -0.15) is 0 Å². The Balaban J connectivity index is 0.00000288. The van der Waals surface area contributed by atoms with Crippen LogP contribution in [-0.2, 0) is 14.8 Å². The standard InChI is InChI=1S/C16H25FN2O3S.ClH/c1-12-8-14(17)9-13(2)15(12)23(20,21)19-10-16(11-22-3)4-6-18-7-5-16;/h8-9,18-19H,4-7,10-11H2,1-3H3;1H. The van der Waals surface area contributed by atoms with Gasteiger partial charge in [-0.3, -0.25) is 0 Å². The van der Waals surface area contributed by atoms with Gasteiger partial charge in [-0.25, -0.2) is 17.5 Å². The van der Waals surface area contributed by atoms with E-state index in [1.807, 2.05) is 0 Å². The van der Waals surface area contributed by atoms with E-state index in [9.17, 15) is 12.8 Å². The zero-order chi connectivity index (χ0) is 17.1. The third-order valence-electron chi connectivity index (χ3n) is 4.45. The number of rotatable bonds is 6. The smallest absolute Gasteiger partial charge is 0.241 e. The van der Waals surface area contributed by atoms with Gasteiger partial charge in [0.1, 0.15) is 5.82 Å². The van der Waals surface area contributed by atoms with Crippen molar-refractivity contribution in [1.82, 2.24) is 10.0 Å². The normalized spacial score (nSPS) is 17.3. The Kier molecular flexibility index (Phi) is 7.62. The Hall–Kier alpha value is -0.730. The van der Waals surface area contributed by atoms with Crippen molar-refractivity contribution in [1.29, 1.82) is 0 Å². The van der Waals surface area contributed by atoms with Crippen molar-refractivity contribution in [3.8, 4) is 0 Å². The number of hydrogen-bond acceptors (Lipinski definition) is 4. The molecule has 2 N–H and O–H groups in total. The average Bonchev–Trinajstić information content (AvgIpc) is 2.45. The summed E-state index contributed by atoms with van der Waals surface area (Å²) >= 11 is 0. The number of sulfonamides is 1. The van der Waals surface area contributed by atoms with E-state index in [0.29, 0.717) is 24.3 Å². The Bertz CT molecular complexity index is 633. The third-order valence-corrected chi connectivity index (χ3v) is 6.15. The van der Waals surface area contributed by atoms with Crippen LogP contribution in [0.25, 0.3) is 0 Å². The van der Waals surface area contributed by atoms with Crippen molar-refractivity contribution in [2.45, 2.75) is 31.6 Å². The summed E-state index contributed by atoms with van der Waals surface area (Å²) in [6.45, 7) is 5.75. The highest BCUT2D eigenvalue weighted by Gasteiger charge is 2.34. The molecule has 0 aromatic heterocycles. The second kappa shape index (κ2) is 8.58. The quantitative estimate of drug-likeness (QED) is 0.793. The highest BCUT2D eigenvalue weighted by molar-refractivity contribution is 7.89. The molecule has 5 nitrogen and oxygen atoms in total. The summed E-state index contributed by atoms with van der Waals surface area (Å²) in [5, 5.41) is 3.28. The topological polar surface area (TPSA) is 67.4 Å². The van der Waals surface area contributed by atoms with Crippen LogP contribution in [0.5, 0.6) is 0 Å². The lowest BCUT2D eigenvalue weighted by Gasteiger charge is -2.37. The number of hydrogen-bond donors (Lipinski definition) is 2. The van der Waals surface area contributed by atoms with Crippen LogP contribution in [0.3, 0.4) is 0 Å². The van der Waals surface area contributed by atoms with Gasteiger partial charge in [-0.15, -0.1) is 12.4 Å². The maximum atomic E-state index is 13.4. The summed E-state index contributed by atoms with van der Waals surface area (Å²) in [5.74, 6) is -0.423. The largest absolute Gasteiger partial charge is 0.384 e. The Labute approximate surface area is 149 Å². The van der Waals surface area contributed by atoms with Gasteiger partial charge in [0.25, 0.3) is 0 Å². The van der Waals surface area contributed by atoms with Gasteiger partial charge in [0, 0.05) is 19.1 Å². The van der Waals surface area contributed by atoms with Crippen LogP contribution in [-0.4, -0.2) is 41.8 Å². The second-order valence-corrected chi connectivity index (χ2v) is 8.08. The summed E-state index contributed by atoms with van der Waals surface area (Å²) in [5.41, 5.74) is 0.636. The minimum absolute atomic E-state index is 0. The molecule has 0 spiro atoms. The molecular formula is C16H26ClFN2O3S. The van der Waals surface area contributed by atoms with Crippen LogP contribution in [0.1, 0.15) is 24.0 Å². The first kappa shape index (κ1) is 21.3. The molecular weight excluding hydrogens is 355 g/mol. The summed E-state index contributed by atoms with van der Waals surface area (Å²) in [6, 6.07) is 2.49. The number of ether oxygens (including phenoxy) is 1. The minimum atomic E-state index is -3.69. The predicted molar refractivity (Wildman–Crippen MR) is 94.7 cm³/mol. The number of aryl methyl sites for hydroxylation is 2. The highest BCUT2D eigenvalue weighted by Crippen LogP contribution is 2.29. The molecule has 1 saturated heterocycles. The van der Waals surface area contributed by atoms with Gasteiger partial charge in [0.2, 0.25) is 10.0 Å². The van der Waals surface area contributed by atoms with Gasteiger partial charge in [-0.05, 0) is 63.0 Å². The number of benzene rings is 1. The number of piperidine rings is 1. The van der Waals surface area contributed by atoms with E-state index in [1.54, 1.807) is 21.0 Å². The molecule has 1 aliphatic heterocycles. The monoisotopic (exact) mass is 380 g/mol. The van der Waals surface area contributed by atoms with E-state index in [-0.39, 0.29) is 22.7 Å². The van der Waals surface area contributed by atoms with Gasteiger partial charge < -0.3 is 10.1 Å². The molecule has 0 amide bonds. The lowest BCUT2D eigenvalue weighted by atomic mass is 9.80. The van der Waals surface area contributed by atoms with Crippen LogP contribution < -0.4 is 10.0 Å². The third kappa shape index (κ3) is 4.89. The van der Waals surface area contributed by atoms with E-state index in [2.05, 4.69) is 10.0 Å². The molecule has 0 atom stereocenters. The van der Waals surface area contributed by atoms with Gasteiger partial charge in [0.05, 0.1) is 11.5 Å². The van der Waals surface area contributed by atoms with Crippen LogP contribution in [0.2, 0.25) is 0 Å². The summed E-state index contributed by atoms with van der Waals surface area (Å²) < 4.78 is 46.8. The van der Waals surface area contributed by atoms with E-state index in [0.717, 1.165) is 25.9 Å². The van der Waals surface area contributed by atoms with Gasteiger partial charge >= 0.3 is 0 Å². The van der Waals surface area contributed by atoms with Crippen molar-refractivity contribution in [3.05, 3.63) is 29.1 Å². The molecule has 1 fully saturated rings. The van der Waals surface area contributed by atoms with Gasteiger partial charge in [-0.1, -0.05) is 0 Å². The highest BCUT2D eigenvalue weighted by atomic mass is 35.5. The molecule has 2 rings (SSSR count). The predicted octanol–water partition coefficient (Wildman–Crippen LogP) is 2.16. The first-order chi connectivity index (χ1) is 10.8. The molecule has 8 heteroatoms. The fourth-order valence-corrected chi connectivity index (χ4v) is 4.88. The molecule has 0 unspecified atom stereocenters. The number of nitrogens with one attached hydrogen (secondary N) is 2. The minimum Gasteiger partial charge on any atom is -0.384 e. The van der Waals surface area contributed by atoms with E-state index >= 15 is 0 Å². The number of methoxy groups -OCH3 is 1. The van der Waals surface area contributed by atoms with Crippen molar-refractivity contribution < 1.29 is 17.5 Å². The van der Waals surface area contributed by atoms with Crippen molar-refractivity contribution >= 4 is 22.4 Å². The molecule has 0 saturated carbocycles. The lowest BCUT2D eigenvalue weighted by molar-refractivity contribution is 0.0577. The lowest BCUT2D eigenvalue weighted by Crippen LogP contribution is -2.47. The Morgan fingerprint density at radius 2 is 1.79 bits per heavy atom. The molecule has 24 heavy (non-hydrogen) atoms. The molecule has 138 valence electrons. The fraction of sp³-hybridized carbons (Fsp3) is 0.625. The Morgan fingerprint density at radius 3 is 2.29 bits per heavy atom. The molecule has 1 heterocycles. The van der Waals surface area contributed by atoms with Crippen LogP contribution in [0.4, 0.5) is 4.39 Å². The van der Waals surface area contributed by atoms with Crippen LogP contribution >= 0.6 is 12.4 Å². The number of halogens is 2. The molecule has 1 aromatic carbocycles. The van der Waals surface area contributed by atoms with Crippen LogP contribution in [0, 0.1) is 25.1 Å². The maximum absolute atomic E-state index is 13.4.